The fraction of sp³-hybridized carbons (Fsp3) is 1.00. The van der Waals surface area contributed by atoms with E-state index in [0.29, 0.717) is 11.8 Å². The summed E-state index contributed by atoms with van der Waals surface area (Å²) in [5, 5.41) is 11.0. The first-order chi connectivity index (χ1) is 8.67. The Kier molecular flexibility index (Phi) is 7.65. The summed E-state index contributed by atoms with van der Waals surface area (Å²) in [5.74, 6) is 0.818. The molecule has 0 aromatic carbocycles. The van der Waals surface area contributed by atoms with Crippen molar-refractivity contribution in [3.05, 3.63) is 0 Å². The SMILES string of the molecule is CCCC(C(O)C(CC)C(C)(C)CC)C(C)(C)CC. The summed E-state index contributed by atoms with van der Waals surface area (Å²) in [7, 11) is 0. The van der Waals surface area contributed by atoms with Gasteiger partial charge in [-0.15, -0.1) is 0 Å². The van der Waals surface area contributed by atoms with Gasteiger partial charge in [-0.25, -0.2) is 0 Å². The quantitative estimate of drug-likeness (QED) is 0.573. The van der Waals surface area contributed by atoms with E-state index in [2.05, 4.69) is 55.4 Å². The Balaban J connectivity index is 5.22. The number of hydrogen-bond donors (Lipinski definition) is 1. The maximum absolute atomic E-state index is 11.0. The number of aliphatic hydroxyl groups excluding tert-OH is 1. The average molecular weight is 271 g/mol. The summed E-state index contributed by atoms with van der Waals surface area (Å²) >= 11 is 0. The van der Waals surface area contributed by atoms with Crippen molar-refractivity contribution in [1.29, 1.82) is 0 Å². The maximum Gasteiger partial charge on any atom is 0.0606 e. The van der Waals surface area contributed by atoms with Gasteiger partial charge in [0.05, 0.1) is 6.10 Å². The van der Waals surface area contributed by atoms with Crippen LogP contribution in [0.25, 0.3) is 0 Å². The molecule has 1 N–H and O–H groups in total. The van der Waals surface area contributed by atoms with Crippen LogP contribution in [0.1, 0.15) is 87.5 Å². The van der Waals surface area contributed by atoms with Gasteiger partial charge >= 0.3 is 0 Å². The molecule has 0 bridgehead atoms. The van der Waals surface area contributed by atoms with Crippen LogP contribution < -0.4 is 0 Å². The molecule has 0 aromatic heterocycles. The van der Waals surface area contributed by atoms with Crippen LogP contribution in [-0.2, 0) is 0 Å². The van der Waals surface area contributed by atoms with Crippen molar-refractivity contribution in [1.82, 2.24) is 0 Å². The van der Waals surface area contributed by atoms with Gasteiger partial charge in [-0.2, -0.15) is 0 Å². The Morgan fingerprint density at radius 2 is 1.21 bits per heavy atom. The van der Waals surface area contributed by atoms with E-state index < -0.39 is 0 Å². The minimum Gasteiger partial charge on any atom is -0.393 e. The van der Waals surface area contributed by atoms with Gasteiger partial charge < -0.3 is 5.11 Å². The Labute approximate surface area is 122 Å². The minimum atomic E-state index is -0.171. The van der Waals surface area contributed by atoms with E-state index in [9.17, 15) is 5.11 Å². The van der Waals surface area contributed by atoms with Crippen molar-refractivity contribution in [2.24, 2.45) is 22.7 Å². The zero-order valence-electron chi connectivity index (χ0n) is 14.7. The van der Waals surface area contributed by atoms with Gasteiger partial charge in [-0.05, 0) is 29.1 Å². The number of rotatable bonds is 9. The van der Waals surface area contributed by atoms with Crippen molar-refractivity contribution in [3.63, 3.8) is 0 Å². The van der Waals surface area contributed by atoms with Crippen LogP contribution in [0.2, 0.25) is 0 Å². The molecule has 1 nitrogen and oxygen atoms in total. The lowest BCUT2D eigenvalue weighted by Gasteiger charge is -2.45. The molecule has 0 aromatic rings. The lowest BCUT2D eigenvalue weighted by Crippen LogP contribution is -2.43. The van der Waals surface area contributed by atoms with E-state index in [1.165, 1.54) is 0 Å². The molecule has 3 unspecified atom stereocenters. The van der Waals surface area contributed by atoms with Gasteiger partial charge in [0.15, 0.2) is 0 Å². The molecule has 19 heavy (non-hydrogen) atoms. The highest BCUT2D eigenvalue weighted by Gasteiger charge is 2.41. The van der Waals surface area contributed by atoms with Crippen molar-refractivity contribution in [2.75, 3.05) is 0 Å². The highest BCUT2D eigenvalue weighted by Crippen LogP contribution is 2.44. The summed E-state index contributed by atoms with van der Waals surface area (Å²) in [6, 6.07) is 0. The second kappa shape index (κ2) is 7.67. The van der Waals surface area contributed by atoms with Crippen LogP contribution >= 0.6 is 0 Å². The predicted octanol–water partition coefficient (Wildman–Crippen LogP) is 5.66. The van der Waals surface area contributed by atoms with Crippen LogP contribution in [-0.4, -0.2) is 11.2 Å². The van der Waals surface area contributed by atoms with Crippen LogP contribution in [0, 0.1) is 22.7 Å². The van der Waals surface area contributed by atoms with Gasteiger partial charge in [0.25, 0.3) is 0 Å². The second-order valence-corrected chi connectivity index (χ2v) is 7.58. The van der Waals surface area contributed by atoms with E-state index >= 15 is 0 Å². The molecule has 0 aliphatic rings. The highest BCUT2D eigenvalue weighted by molar-refractivity contribution is 4.90. The summed E-state index contributed by atoms with van der Waals surface area (Å²) < 4.78 is 0. The minimum absolute atomic E-state index is 0.171. The topological polar surface area (TPSA) is 20.2 Å². The standard InChI is InChI=1S/C18H38O/c1-9-13-15(18(7,8)12-4)16(19)14(10-2)17(5,6)11-3/h14-16,19H,9-13H2,1-8H3. The first-order valence-electron chi connectivity index (χ1n) is 8.35. The molecule has 0 saturated heterocycles. The van der Waals surface area contributed by atoms with E-state index in [1.807, 2.05) is 0 Å². The monoisotopic (exact) mass is 270 g/mol. The van der Waals surface area contributed by atoms with Crippen molar-refractivity contribution < 1.29 is 5.11 Å². The normalized spacial score (nSPS) is 18.2. The zero-order chi connectivity index (χ0) is 15.3. The van der Waals surface area contributed by atoms with Gasteiger partial charge in [0.2, 0.25) is 0 Å². The molecule has 0 radical (unpaired) electrons. The maximum atomic E-state index is 11.0. The van der Waals surface area contributed by atoms with E-state index in [0.717, 1.165) is 32.1 Å². The fourth-order valence-corrected chi connectivity index (χ4v) is 3.40. The van der Waals surface area contributed by atoms with Gasteiger partial charge in [-0.3, -0.25) is 0 Å². The van der Waals surface area contributed by atoms with Crippen LogP contribution in [0.5, 0.6) is 0 Å². The molecule has 0 rings (SSSR count). The van der Waals surface area contributed by atoms with Crippen LogP contribution in [0.3, 0.4) is 0 Å². The van der Waals surface area contributed by atoms with Crippen LogP contribution in [0.15, 0.2) is 0 Å². The third-order valence-electron chi connectivity index (χ3n) is 5.69. The Morgan fingerprint density at radius 1 is 0.789 bits per heavy atom. The Hall–Kier alpha value is -0.0400. The van der Waals surface area contributed by atoms with Gasteiger partial charge in [0.1, 0.15) is 0 Å². The van der Waals surface area contributed by atoms with Gasteiger partial charge in [0, 0.05) is 0 Å². The summed E-state index contributed by atoms with van der Waals surface area (Å²) in [6.45, 7) is 18.2. The molecule has 116 valence electrons. The second-order valence-electron chi connectivity index (χ2n) is 7.58. The van der Waals surface area contributed by atoms with Gasteiger partial charge in [-0.1, -0.05) is 81.1 Å². The molecule has 3 atom stereocenters. The molecule has 0 saturated carbocycles. The highest BCUT2D eigenvalue weighted by atomic mass is 16.3. The van der Waals surface area contributed by atoms with Crippen LogP contribution in [0.4, 0.5) is 0 Å². The van der Waals surface area contributed by atoms with E-state index in [1.54, 1.807) is 0 Å². The van der Waals surface area contributed by atoms with E-state index in [4.69, 9.17) is 0 Å². The lowest BCUT2D eigenvalue weighted by atomic mass is 9.63. The molecule has 0 spiro atoms. The number of aliphatic hydroxyl groups is 1. The van der Waals surface area contributed by atoms with Crippen molar-refractivity contribution in [2.45, 2.75) is 93.6 Å². The fourth-order valence-electron chi connectivity index (χ4n) is 3.40. The Bertz CT molecular complexity index is 242. The zero-order valence-corrected chi connectivity index (χ0v) is 14.7. The van der Waals surface area contributed by atoms with Crippen molar-refractivity contribution >= 4 is 0 Å². The predicted molar refractivity (Wildman–Crippen MR) is 86.3 cm³/mol. The largest absolute Gasteiger partial charge is 0.393 e. The first kappa shape index (κ1) is 19.0. The van der Waals surface area contributed by atoms with Crippen molar-refractivity contribution in [3.8, 4) is 0 Å². The molecule has 1 heteroatoms. The first-order valence-corrected chi connectivity index (χ1v) is 8.35. The number of hydrogen-bond acceptors (Lipinski definition) is 1. The third-order valence-corrected chi connectivity index (χ3v) is 5.69. The molecular formula is C18H38O. The molecule has 0 heterocycles. The Morgan fingerprint density at radius 3 is 1.53 bits per heavy atom. The summed E-state index contributed by atoms with van der Waals surface area (Å²) in [6.07, 6.45) is 5.47. The molecular weight excluding hydrogens is 232 g/mol. The molecule has 0 fully saturated rings. The summed E-state index contributed by atoms with van der Waals surface area (Å²) in [5.41, 5.74) is 0.455. The molecule has 0 aliphatic carbocycles. The average Bonchev–Trinajstić information content (AvgIpc) is 2.35. The lowest BCUT2D eigenvalue weighted by molar-refractivity contribution is -0.0530. The summed E-state index contributed by atoms with van der Waals surface area (Å²) in [4.78, 5) is 0. The third kappa shape index (κ3) is 4.77. The van der Waals surface area contributed by atoms with E-state index in [-0.39, 0.29) is 16.9 Å². The molecule has 0 aliphatic heterocycles. The molecule has 0 amide bonds. The smallest absolute Gasteiger partial charge is 0.0606 e.